The number of hydrogen-bond acceptors (Lipinski definition) is 2. The molecule has 1 aromatic rings. The van der Waals surface area contributed by atoms with Gasteiger partial charge in [0.2, 0.25) is 0 Å². The number of aliphatic hydroxyl groups is 1. The fraction of sp³-hybridized carbons (Fsp3) is 0.647. The molecule has 1 N–H and O–H groups in total. The number of hydrogen-bond donors (Lipinski definition) is 1. The van der Waals surface area contributed by atoms with E-state index in [-0.39, 0.29) is 6.10 Å². The number of likely N-dealkylation sites (tertiary alicyclic amines) is 1. The molecule has 3 heteroatoms. The zero-order valence-electron chi connectivity index (χ0n) is 12.4. The second-order valence-corrected chi connectivity index (χ2v) is 6.75. The summed E-state index contributed by atoms with van der Waals surface area (Å²) in [6.07, 6.45) is 7.08. The predicted octanol–water partition coefficient (Wildman–Crippen LogP) is 4.53. The van der Waals surface area contributed by atoms with Crippen molar-refractivity contribution in [2.75, 3.05) is 13.1 Å². The molecule has 1 aliphatic rings. The van der Waals surface area contributed by atoms with Crippen LogP contribution in [0.4, 0.5) is 0 Å². The first-order valence-electron chi connectivity index (χ1n) is 7.88. The summed E-state index contributed by atoms with van der Waals surface area (Å²) >= 11 is 3.43. The highest BCUT2D eigenvalue weighted by Gasteiger charge is 2.22. The molecule has 112 valence electrons. The van der Waals surface area contributed by atoms with Crippen molar-refractivity contribution in [1.82, 2.24) is 4.90 Å². The molecule has 0 aliphatic carbocycles. The fourth-order valence-electron chi connectivity index (χ4n) is 3.15. The number of piperidine rings is 1. The Kier molecular flexibility index (Phi) is 6.53. The Morgan fingerprint density at radius 2 is 2.05 bits per heavy atom. The van der Waals surface area contributed by atoms with Crippen LogP contribution in [0.15, 0.2) is 28.7 Å². The van der Waals surface area contributed by atoms with Crippen LogP contribution in [0.25, 0.3) is 0 Å². The van der Waals surface area contributed by atoms with E-state index in [0.717, 1.165) is 29.0 Å². The normalized spacial score (nSPS) is 21.9. The molecule has 0 spiro atoms. The summed E-state index contributed by atoms with van der Waals surface area (Å²) in [5, 5.41) is 10.3. The Balaban J connectivity index is 1.85. The van der Waals surface area contributed by atoms with Gasteiger partial charge in [-0.3, -0.25) is 0 Å². The maximum Gasteiger partial charge on any atom is 0.0802 e. The van der Waals surface area contributed by atoms with Gasteiger partial charge in [0.25, 0.3) is 0 Å². The predicted molar refractivity (Wildman–Crippen MR) is 87.8 cm³/mol. The van der Waals surface area contributed by atoms with E-state index >= 15 is 0 Å². The molecule has 1 aliphatic heterocycles. The van der Waals surface area contributed by atoms with Crippen LogP contribution in [-0.4, -0.2) is 29.1 Å². The van der Waals surface area contributed by atoms with Crippen molar-refractivity contribution in [3.05, 3.63) is 34.3 Å². The summed E-state index contributed by atoms with van der Waals surface area (Å²) in [6, 6.07) is 8.76. The lowest BCUT2D eigenvalue weighted by Gasteiger charge is -2.36. The van der Waals surface area contributed by atoms with Crippen molar-refractivity contribution >= 4 is 15.9 Å². The minimum absolute atomic E-state index is 0.340. The van der Waals surface area contributed by atoms with Gasteiger partial charge in [-0.15, -0.1) is 0 Å². The molecule has 0 amide bonds. The molecule has 0 radical (unpaired) electrons. The number of benzene rings is 1. The molecule has 20 heavy (non-hydrogen) atoms. The van der Waals surface area contributed by atoms with Gasteiger partial charge in [-0.25, -0.2) is 0 Å². The third kappa shape index (κ3) is 4.57. The topological polar surface area (TPSA) is 23.5 Å². The third-order valence-corrected chi connectivity index (χ3v) is 4.84. The second-order valence-electron chi connectivity index (χ2n) is 5.83. The highest BCUT2D eigenvalue weighted by Crippen LogP contribution is 2.24. The van der Waals surface area contributed by atoms with Crippen LogP contribution in [0.3, 0.4) is 0 Å². The lowest BCUT2D eigenvalue weighted by Crippen LogP contribution is -2.40. The van der Waals surface area contributed by atoms with Crippen molar-refractivity contribution in [2.45, 2.75) is 57.6 Å². The first-order chi connectivity index (χ1) is 9.70. The monoisotopic (exact) mass is 339 g/mol. The van der Waals surface area contributed by atoms with Crippen LogP contribution in [0.2, 0.25) is 0 Å². The van der Waals surface area contributed by atoms with Gasteiger partial charge >= 0.3 is 0 Å². The summed E-state index contributed by atoms with van der Waals surface area (Å²) in [5.41, 5.74) is 1.03. The molecule has 0 saturated carbocycles. The Bertz CT molecular complexity index is 390. The van der Waals surface area contributed by atoms with Gasteiger partial charge in [0.15, 0.2) is 0 Å². The summed E-state index contributed by atoms with van der Waals surface area (Å²) in [5.74, 6) is 0. The van der Waals surface area contributed by atoms with Crippen LogP contribution >= 0.6 is 15.9 Å². The summed E-state index contributed by atoms with van der Waals surface area (Å²) in [6.45, 7) is 4.49. The van der Waals surface area contributed by atoms with Crippen molar-refractivity contribution < 1.29 is 5.11 Å². The Morgan fingerprint density at radius 3 is 2.75 bits per heavy atom. The summed E-state index contributed by atoms with van der Waals surface area (Å²) in [7, 11) is 0. The van der Waals surface area contributed by atoms with Crippen LogP contribution < -0.4 is 0 Å². The molecule has 0 bridgehead atoms. The lowest BCUT2D eigenvalue weighted by molar-refractivity contribution is 0.0987. The average molecular weight is 340 g/mol. The van der Waals surface area contributed by atoms with E-state index in [4.69, 9.17) is 0 Å². The quantitative estimate of drug-likeness (QED) is 0.823. The van der Waals surface area contributed by atoms with Gasteiger partial charge in [-0.05, 0) is 49.9 Å². The van der Waals surface area contributed by atoms with Gasteiger partial charge in [0.1, 0.15) is 0 Å². The average Bonchev–Trinajstić information content (AvgIpc) is 2.47. The van der Waals surface area contributed by atoms with E-state index in [2.05, 4.69) is 27.8 Å². The molecule has 1 saturated heterocycles. The first-order valence-corrected chi connectivity index (χ1v) is 8.67. The molecule has 1 fully saturated rings. The molecule has 2 nitrogen and oxygen atoms in total. The van der Waals surface area contributed by atoms with E-state index in [0.29, 0.717) is 0 Å². The van der Waals surface area contributed by atoms with E-state index < -0.39 is 0 Å². The van der Waals surface area contributed by atoms with Crippen LogP contribution in [0, 0.1) is 0 Å². The maximum absolute atomic E-state index is 10.3. The summed E-state index contributed by atoms with van der Waals surface area (Å²) < 4.78 is 1.06. The molecule has 2 atom stereocenters. The molecule has 2 rings (SSSR count). The van der Waals surface area contributed by atoms with Crippen molar-refractivity contribution in [3.8, 4) is 0 Å². The SMILES string of the molecule is CCCC1CCCCN1CCC(O)c1ccc(Br)cc1. The molecular formula is C17H26BrNO. The number of rotatable bonds is 6. The van der Waals surface area contributed by atoms with Gasteiger partial charge in [-0.2, -0.15) is 0 Å². The van der Waals surface area contributed by atoms with Crippen LogP contribution in [-0.2, 0) is 0 Å². The first kappa shape index (κ1) is 16.0. The van der Waals surface area contributed by atoms with Crippen molar-refractivity contribution in [3.63, 3.8) is 0 Å². The number of aliphatic hydroxyl groups excluding tert-OH is 1. The van der Waals surface area contributed by atoms with E-state index in [1.54, 1.807) is 0 Å². The highest BCUT2D eigenvalue weighted by molar-refractivity contribution is 9.10. The van der Waals surface area contributed by atoms with Gasteiger partial charge in [-0.1, -0.05) is 47.8 Å². The van der Waals surface area contributed by atoms with Crippen LogP contribution in [0.5, 0.6) is 0 Å². The standard InChI is InChI=1S/C17H26BrNO/c1-2-5-16-6-3-4-12-19(16)13-11-17(20)14-7-9-15(18)10-8-14/h7-10,16-17,20H,2-6,11-13H2,1H3. The van der Waals surface area contributed by atoms with Crippen molar-refractivity contribution in [2.24, 2.45) is 0 Å². The van der Waals surface area contributed by atoms with Crippen LogP contribution in [0.1, 0.15) is 57.1 Å². The zero-order valence-corrected chi connectivity index (χ0v) is 14.0. The molecular weight excluding hydrogens is 314 g/mol. The smallest absolute Gasteiger partial charge is 0.0802 e. The Labute approximate surface area is 131 Å². The number of halogens is 1. The van der Waals surface area contributed by atoms with Gasteiger partial charge in [0.05, 0.1) is 6.10 Å². The molecule has 1 heterocycles. The molecule has 1 aromatic carbocycles. The minimum atomic E-state index is -0.340. The second kappa shape index (κ2) is 8.16. The van der Waals surface area contributed by atoms with Gasteiger partial charge < -0.3 is 10.0 Å². The lowest BCUT2D eigenvalue weighted by atomic mass is 9.97. The Morgan fingerprint density at radius 1 is 1.30 bits per heavy atom. The fourth-order valence-corrected chi connectivity index (χ4v) is 3.42. The minimum Gasteiger partial charge on any atom is -0.388 e. The zero-order chi connectivity index (χ0) is 14.4. The maximum atomic E-state index is 10.3. The van der Waals surface area contributed by atoms with Gasteiger partial charge in [0, 0.05) is 17.1 Å². The third-order valence-electron chi connectivity index (χ3n) is 4.32. The largest absolute Gasteiger partial charge is 0.388 e. The highest BCUT2D eigenvalue weighted by atomic mass is 79.9. The van der Waals surface area contributed by atoms with E-state index in [1.807, 2.05) is 24.3 Å². The molecule has 2 unspecified atom stereocenters. The number of nitrogens with zero attached hydrogens (tertiary/aromatic N) is 1. The summed E-state index contributed by atoms with van der Waals surface area (Å²) in [4.78, 5) is 2.59. The Hall–Kier alpha value is -0.380. The van der Waals surface area contributed by atoms with E-state index in [9.17, 15) is 5.11 Å². The molecule has 0 aromatic heterocycles. The van der Waals surface area contributed by atoms with Crippen molar-refractivity contribution in [1.29, 1.82) is 0 Å². The van der Waals surface area contributed by atoms with E-state index in [1.165, 1.54) is 38.6 Å².